The Balaban J connectivity index is 2.53. The maximum Gasteiger partial charge on any atom is 0.277 e. The summed E-state index contributed by atoms with van der Waals surface area (Å²) in [6.45, 7) is 1.91. The van der Waals surface area contributed by atoms with E-state index in [0.717, 1.165) is 0 Å². The minimum Gasteiger partial charge on any atom is -0.372 e. The summed E-state index contributed by atoms with van der Waals surface area (Å²) in [6.07, 6.45) is 3.77. The molecule has 0 aliphatic heterocycles. The van der Waals surface area contributed by atoms with Gasteiger partial charge in [-0.3, -0.25) is 9.89 Å². The minimum absolute atomic E-state index is 0.142. The van der Waals surface area contributed by atoms with Gasteiger partial charge >= 0.3 is 0 Å². The molecule has 0 unspecified atom stereocenters. The van der Waals surface area contributed by atoms with Crippen molar-refractivity contribution in [1.29, 1.82) is 0 Å². The fourth-order valence-electron chi connectivity index (χ4n) is 1.45. The molecule has 90 valence electrons. The topological polar surface area (TPSA) is 75.6 Å². The molecule has 2 rings (SSSR count). The predicted octanol–water partition coefficient (Wildman–Crippen LogP) is 1.21. The van der Waals surface area contributed by atoms with Gasteiger partial charge in [0.1, 0.15) is 10.8 Å². The number of aromatic nitrogens is 4. The molecule has 0 saturated heterocycles. The van der Waals surface area contributed by atoms with Crippen LogP contribution in [-0.2, 0) is 6.42 Å². The zero-order valence-corrected chi connectivity index (χ0v) is 10.2. The fraction of sp³-hybridized carbons (Fsp3) is 0.300. The van der Waals surface area contributed by atoms with Crippen molar-refractivity contribution >= 4 is 17.4 Å². The molecule has 0 radical (unpaired) electrons. The summed E-state index contributed by atoms with van der Waals surface area (Å²) in [5.74, 6) is 0.750. The van der Waals surface area contributed by atoms with Crippen molar-refractivity contribution in [2.75, 3.05) is 12.4 Å². The molecule has 0 aliphatic carbocycles. The number of hydrogen-bond donors (Lipinski definition) is 2. The van der Waals surface area contributed by atoms with Crippen LogP contribution >= 0.6 is 11.6 Å². The van der Waals surface area contributed by atoms with Crippen molar-refractivity contribution in [2.24, 2.45) is 0 Å². The van der Waals surface area contributed by atoms with Crippen molar-refractivity contribution in [3.05, 3.63) is 33.3 Å². The number of rotatable bonds is 3. The smallest absolute Gasteiger partial charge is 0.277 e. The van der Waals surface area contributed by atoms with Gasteiger partial charge in [0.05, 0.1) is 6.20 Å². The molecule has 0 spiro atoms. The highest BCUT2D eigenvalue weighted by molar-refractivity contribution is 6.32. The highest BCUT2D eigenvalue weighted by atomic mass is 35.5. The Morgan fingerprint density at radius 3 is 2.94 bits per heavy atom. The van der Waals surface area contributed by atoms with E-state index in [0.29, 0.717) is 22.8 Å². The highest BCUT2D eigenvalue weighted by Gasteiger charge is 2.10. The zero-order valence-electron chi connectivity index (χ0n) is 9.49. The van der Waals surface area contributed by atoms with Crippen molar-refractivity contribution in [3.63, 3.8) is 0 Å². The van der Waals surface area contributed by atoms with Crippen LogP contribution in [0.5, 0.6) is 0 Å². The molecule has 2 N–H and O–H groups in total. The standard InChI is InChI=1S/C10H12ClN5O/c1-3-6-4-14-16(9(6)17)10-13-5-7(11)8(12-2)15-10/h4-5,14H,3H2,1-2H3,(H,12,13,15). The first-order valence-corrected chi connectivity index (χ1v) is 5.55. The van der Waals surface area contributed by atoms with Crippen LogP contribution in [0, 0.1) is 0 Å². The summed E-state index contributed by atoms with van der Waals surface area (Å²) >= 11 is 5.87. The number of anilines is 1. The lowest BCUT2D eigenvalue weighted by molar-refractivity contribution is 0.782. The maximum absolute atomic E-state index is 11.9. The van der Waals surface area contributed by atoms with Gasteiger partial charge < -0.3 is 5.32 Å². The Kier molecular flexibility index (Phi) is 3.14. The Bertz CT molecular complexity index is 589. The normalized spacial score (nSPS) is 10.5. The number of nitrogens with zero attached hydrogens (tertiary/aromatic N) is 3. The Hall–Kier alpha value is -1.82. The second-order valence-corrected chi connectivity index (χ2v) is 3.82. The van der Waals surface area contributed by atoms with Crippen LogP contribution in [0.2, 0.25) is 5.02 Å². The summed E-state index contributed by atoms with van der Waals surface area (Å²) < 4.78 is 1.29. The summed E-state index contributed by atoms with van der Waals surface area (Å²) in [7, 11) is 1.70. The fourth-order valence-corrected chi connectivity index (χ4v) is 1.63. The van der Waals surface area contributed by atoms with E-state index in [1.54, 1.807) is 13.2 Å². The van der Waals surface area contributed by atoms with Gasteiger partial charge in [0, 0.05) is 18.8 Å². The van der Waals surface area contributed by atoms with E-state index in [1.807, 2.05) is 6.92 Å². The first-order chi connectivity index (χ1) is 8.17. The van der Waals surface area contributed by atoms with Gasteiger partial charge in [0.2, 0.25) is 0 Å². The van der Waals surface area contributed by atoms with E-state index in [1.165, 1.54) is 10.9 Å². The van der Waals surface area contributed by atoms with Crippen LogP contribution in [0.4, 0.5) is 5.82 Å². The molecule has 0 atom stereocenters. The van der Waals surface area contributed by atoms with E-state index in [4.69, 9.17) is 11.6 Å². The minimum atomic E-state index is -0.142. The molecule has 7 heteroatoms. The summed E-state index contributed by atoms with van der Waals surface area (Å²) in [5.41, 5.74) is 0.548. The first kappa shape index (κ1) is 11.7. The van der Waals surface area contributed by atoms with Crippen LogP contribution in [-0.4, -0.2) is 26.8 Å². The van der Waals surface area contributed by atoms with Crippen LogP contribution in [0.1, 0.15) is 12.5 Å². The number of H-pyrrole nitrogens is 1. The molecule has 2 aromatic rings. The zero-order chi connectivity index (χ0) is 12.4. The van der Waals surface area contributed by atoms with E-state index < -0.39 is 0 Å². The summed E-state index contributed by atoms with van der Waals surface area (Å²) in [6, 6.07) is 0. The molecule has 0 fully saturated rings. The van der Waals surface area contributed by atoms with Gasteiger partial charge in [-0.05, 0) is 6.42 Å². The molecule has 0 saturated carbocycles. The van der Waals surface area contributed by atoms with E-state index in [-0.39, 0.29) is 11.5 Å². The van der Waals surface area contributed by atoms with Crippen molar-refractivity contribution in [3.8, 4) is 5.95 Å². The van der Waals surface area contributed by atoms with Crippen LogP contribution in [0.3, 0.4) is 0 Å². The van der Waals surface area contributed by atoms with Gasteiger partial charge in [-0.2, -0.15) is 9.67 Å². The number of hydrogen-bond acceptors (Lipinski definition) is 4. The van der Waals surface area contributed by atoms with E-state index in [9.17, 15) is 4.79 Å². The third-order valence-electron chi connectivity index (χ3n) is 2.39. The van der Waals surface area contributed by atoms with Gasteiger partial charge in [-0.25, -0.2) is 4.98 Å². The SMILES string of the molecule is CCc1c[nH]n(-c2ncc(Cl)c(NC)n2)c1=O. The van der Waals surface area contributed by atoms with Gasteiger partial charge in [-0.15, -0.1) is 0 Å². The van der Waals surface area contributed by atoms with Crippen LogP contribution in [0.15, 0.2) is 17.2 Å². The Morgan fingerprint density at radius 2 is 2.35 bits per heavy atom. The Labute approximate surface area is 103 Å². The first-order valence-electron chi connectivity index (χ1n) is 5.17. The third-order valence-corrected chi connectivity index (χ3v) is 2.67. The Morgan fingerprint density at radius 1 is 1.59 bits per heavy atom. The molecule has 17 heavy (non-hydrogen) atoms. The van der Waals surface area contributed by atoms with Gasteiger partial charge in [0.15, 0.2) is 0 Å². The monoisotopic (exact) mass is 253 g/mol. The lowest BCUT2D eigenvalue weighted by Gasteiger charge is -2.04. The largest absolute Gasteiger partial charge is 0.372 e. The van der Waals surface area contributed by atoms with Crippen molar-refractivity contribution in [1.82, 2.24) is 19.7 Å². The lowest BCUT2D eigenvalue weighted by Crippen LogP contribution is -2.19. The average Bonchev–Trinajstić information content (AvgIpc) is 2.71. The van der Waals surface area contributed by atoms with Crippen LogP contribution in [0.25, 0.3) is 5.95 Å². The van der Waals surface area contributed by atoms with Crippen molar-refractivity contribution in [2.45, 2.75) is 13.3 Å². The molecule has 6 nitrogen and oxygen atoms in total. The maximum atomic E-state index is 11.9. The molecular weight excluding hydrogens is 242 g/mol. The molecule has 0 aromatic carbocycles. The van der Waals surface area contributed by atoms with Crippen LogP contribution < -0.4 is 10.9 Å². The third kappa shape index (κ3) is 2.03. The number of halogens is 1. The summed E-state index contributed by atoms with van der Waals surface area (Å²) in [5, 5.41) is 6.06. The molecule has 2 aromatic heterocycles. The average molecular weight is 254 g/mol. The number of aromatic amines is 1. The summed E-state index contributed by atoms with van der Waals surface area (Å²) in [4.78, 5) is 20.0. The van der Waals surface area contributed by atoms with Gasteiger partial charge in [0.25, 0.3) is 11.5 Å². The van der Waals surface area contributed by atoms with Crippen molar-refractivity contribution < 1.29 is 0 Å². The van der Waals surface area contributed by atoms with E-state index in [2.05, 4.69) is 20.4 Å². The molecular formula is C10H12ClN5O. The molecule has 2 heterocycles. The predicted molar refractivity (Wildman–Crippen MR) is 65.9 cm³/mol. The lowest BCUT2D eigenvalue weighted by atomic mass is 10.3. The quantitative estimate of drug-likeness (QED) is 0.862. The second kappa shape index (κ2) is 4.58. The van der Waals surface area contributed by atoms with Gasteiger partial charge in [-0.1, -0.05) is 18.5 Å². The molecule has 0 aliphatic rings. The second-order valence-electron chi connectivity index (χ2n) is 3.41. The van der Waals surface area contributed by atoms with E-state index >= 15 is 0 Å². The number of aryl methyl sites for hydroxylation is 1. The molecule has 0 bridgehead atoms. The number of nitrogens with one attached hydrogen (secondary N) is 2. The molecule has 0 amide bonds. The highest BCUT2D eigenvalue weighted by Crippen LogP contribution is 2.17.